The van der Waals surface area contributed by atoms with Crippen LogP contribution in [0.4, 0.5) is 13.2 Å². The van der Waals surface area contributed by atoms with E-state index in [0.29, 0.717) is 12.1 Å². The molecule has 0 saturated carbocycles. The Morgan fingerprint density at radius 1 is 1.17 bits per heavy atom. The second-order valence-electron chi connectivity index (χ2n) is 4.14. The van der Waals surface area contributed by atoms with Gasteiger partial charge in [0.15, 0.2) is 17.5 Å². The number of carboxylic acid groups (broad SMARTS) is 1. The third-order valence-corrected chi connectivity index (χ3v) is 2.21. The first-order valence-corrected chi connectivity index (χ1v) is 4.85. The van der Waals surface area contributed by atoms with Crippen molar-refractivity contribution in [3.05, 3.63) is 35.1 Å². The third-order valence-electron chi connectivity index (χ3n) is 2.21. The quantitative estimate of drug-likeness (QED) is 0.814. The molecule has 18 heavy (non-hydrogen) atoms. The lowest BCUT2D eigenvalue weighted by Gasteiger charge is -2.20. The number of benzene rings is 1. The molecule has 0 unspecified atom stereocenters. The largest absolute Gasteiger partial charge is 0.480 e. The fourth-order valence-corrected chi connectivity index (χ4v) is 1.10. The second-order valence-corrected chi connectivity index (χ2v) is 4.14. The van der Waals surface area contributed by atoms with Crippen molar-refractivity contribution >= 4 is 11.9 Å². The van der Waals surface area contributed by atoms with Gasteiger partial charge in [-0.2, -0.15) is 0 Å². The van der Waals surface area contributed by atoms with Crippen molar-refractivity contribution < 1.29 is 27.9 Å². The van der Waals surface area contributed by atoms with Crippen LogP contribution in [0.3, 0.4) is 0 Å². The fraction of sp³-hybridized carbons (Fsp3) is 0.273. The molecular formula is C11H10F3NO3. The Morgan fingerprint density at radius 2 is 1.61 bits per heavy atom. The molecular weight excluding hydrogens is 251 g/mol. The molecule has 0 spiro atoms. The number of hydrogen-bond donors (Lipinski definition) is 2. The molecule has 1 rings (SSSR count). The molecule has 0 atom stereocenters. The summed E-state index contributed by atoms with van der Waals surface area (Å²) >= 11 is 0. The lowest BCUT2D eigenvalue weighted by atomic mass is 10.1. The molecule has 0 aromatic heterocycles. The SMILES string of the molecule is CC(C)(NC(=O)c1cc(F)c(F)c(F)c1)C(=O)O. The van der Waals surface area contributed by atoms with Gasteiger partial charge in [-0.1, -0.05) is 0 Å². The Morgan fingerprint density at radius 3 is 2.00 bits per heavy atom. The van der Waals surface area contributed by atoms with Crippen molar-refractivity contribution in [3.8, 4) is 0 Å². The van der Waals surface area contributed by atoms with E-state index < -0.39 is 40.4 Å². The molecule has 2 N–H and O–H groups in total. The second kappa shape index (κ2) is 4.67. The standard InChI is InChI=1S/C11H10F3NO3/c1-11(2,10(17)18)15-9(16)5-3-6(12)8(14)7(13)4-5/h3-4H,1-2H3,(H,15,16)(H,17,18). The molecule has 0 aliphatic rings. The molecule has 1 amide bonds. The number of aliphatic carboxylic acids is 1. The van der Waals surface area contributed by atoms with Crippen LogP contribution in [0.1, 0.15) is 24.2 Å². The van der Waals surface area contributed by atoms with Crippen LogP contribution in [0.5, 0.6) is 0 Å². The zero-order chi connectivity index (χ0) is 14.1. The van der Waals surface area contributed by atoms with Crippen molar-refractivity contribution in [2.45, 2.75) is 19.4 Å². The Hall–Kier alpha value is -2.05. The van der Waals surface area contributed by atoms with Gasteiger partial charge in [0.1, 0.15) is 5.54 Å². The van der Waals surface area contributed by atoms with Crippen molar-refractivity contribution in [1.82, 2.24) is 5.32 Å². The Kier molecular flexibility index (Phi) is 3.64. The van der Waals surface area contributed by atoms with Crippen LogP contribution in [0, 0.1) is 17.5 Å². The Balaban J connectivity index is 3.03. The van der Waals surface area contributed by atoms with Gasteiger partial charge < -0.3 is 10.4 Å². The predicted molar refractivity (Wildman–Crippen MR) is 55.5 cm³/mol. The summed E-state index contributed by atoms with van der Waals surface area (Å²) in [6.45, 7) is 2.40. The average Bonchev–Trinajstić information content (AvgIpc) is 2.24. The van der Waals surface area contributed by atoms with Crippen molar-refractivity contribution in [2.24, 2.45) is 0 Å². The number of amides is 1. The lowest BCUT2D eigenvalue weighted by molar-refractivity contribution is -0.143. The first kappa shape index (κ1) is 14.0. The van der Waals surface area contributed by atoms with Gasteiger partial charge in [0, 0.05) is 5.56 Å². The average molecular weight is 261 g/mol. The van der Waals surface area contributed by atoms with Gasteiger partial charge in [0.2, 0.25) is 0 Å². The number of halogens is 3. The number of carboxylic acids is 1. The molecule has 1 aromatic rings. The zero-order valence-electron chi connectivity index (χ0n) is 9.55. The van der Waals surface area contributed by atoms with Crippen molar-refractivity contribution in [1.29, 1.82) is 0 Å². The monoisotopic (exact) mass is 261 g/mol. The number of carbonyl (C=O) groups excluding carboxylic acids is 1. The molecule has 4 nitrogen and oxygen atoms in total. The van der Waals surface area contributed by atoms with Crippen LogP contribution in [-0.4, -0.2) is 22.5 Å². The van der Waals surface area contributed by atoms with Gasteiger partial charge in [0.25, 0.3) is 5.91 Å². The van der Waals surface area contributed by atoms with Gasteiger partial charge in [-0.3, -0.25) is 4.79 Å². The number of hydrogen-bond acceptors (Lipinski definition) is 2. The van der Waals surface area contributed by atoms with Crippen LogP contribution in [0.2, 0.25) is 0 Å². The lowest BCUT2D eigenvalue weighted by Crippen LogP contribution is -2.49. The minimum Gasteiger partial charge on any atom is -0.480 e. The molecule has 0 saturated heterocycles. The van der Waals surface area contributed by atoms with Crippen molar-refractivity contribution in [2.75, 3.05) is 0 Å². The number of carbonyl (C=O) groups is 2. The molecule has 0 aliphatic carbocycles. The summed E-state index contributed by atoms with van der Waals surface area (Å²) < 4.78 is 38.4. The summed E-state index contributed by atoms with van der Waals surface area (Å²) in [5.74, 6) is -7.07. The number of rotatable bonds is 3. The van der Waals surface area contributed by atoms with E-state index in [1.807, 2.05) is 0 Å². The van der Waals surface area contributed by atoms with Crippen LogP contribution in [0.25, 0.3) is 0 Å². The number of nitrogens with one attached hydrogen (secondary N) is 1. The minimum absolute atomic E-state index is 0.492. The molecule has 0 radical (unpaired) electrons. The first-order valence-electron chi connectivity index (χ1n) is 4.85. The van der Waals surface area contributed by atoms with Crippen LogP contribution in [0.15, 0.2) is 12.1 Å². The predicted octanol–water partition coefficient (Wildman–Crippen LogP) is 1.70. The van der Waals surface area contributed by atoms with Crippen LogP contribution >= 0.6 is 0 Å². The molecule has 0 bridgehead atoms. The summed E-state index contributed by atoms with van der Waals surface area (Å²) in [7, 11) is 0. The molecule has 98 valence electrons. The van der Waals surface area contributed by atoms with Crippen LogP contribution < -0.4 is 5.32 Å². The van der Waals surface area contributed by atoms with Gasteiger partial charge in [-0.25, -0.2) is 18.0 Å². The summed E-state index contributed by atoms with van der Waals surface area (Å²) in [6, 6.07) is 0.983. The molecule has 1 aromatic carbocycles. The highest BCUT2D eigenvalue weighted by Crippen LogP contribution is 2.14. The third kappa shape index (κ3) is 2.79. The molecule has 7 heteroatoms. The van der Waals surface area contributed by atoms with E-state index in [9.17, 15) is 22.8 Å². The van der Waals surface area contributed by atoms with Gasteiger partial charge >= 0.3 is 5.97 Å². The van der Waals surface area contributed by atoms with Crippen LogP contribution in [-0.2, 0) is 4.79 Å². The highest BCUT2D eigenvalue weighted by atomic mass is 19.2. The van der Waals surface area contributed by atoms with E-state index >= 15 is 0 Å². The van der Waals surface area contributed by atoms with E-state index in [2.05, 4.69) is 5.32 Å². The van der Waals surface area contributed by atoms with E-state index in [-0.39, 0.29) is 0 Å². The van der Waals surface area contributed by atoms with Gasteiger partial charge in [0.05, 0.1) is 0 Å². The maximum Gasteiger partial charge on any atom is 0.328 e. The van der Waals surface area contributed by atoms with E-state index in [1.165, 1.54) is 13.8 Å². The zero-order valence-corrected chi connectivity index (χ0v) is 9.55. The minimum atomic E-state index is -1.69. The first-order chi connectivity index (χ1) is 8.15. The molecule has 0 aliphatic heterocycles. The molecule has 0 heterocycles. The van der Waals surface area contributed by atoms with Crippen molar-refractivity contribution in [3.63, 3.8) is 0 Å². The summed E-state index contributed by atoms with van der Waals surface area (Å²) in [5.41, 5.74) is -2.11. The summed E-state index contributed by atoms with van der Waals surface area (Å²) in [5, 5.41) is 10.8. The highest BCUT2D eigenvalue weighted by molar-refractivity contribution is 5.97. The van der Waals surface area contributed by atoms with Gasteiger partial charge in [-0.15, -0.1) is 0 Å². The fourth-order valence-electron chi connectivity index (χ4n) is 1.10. The maximum atomic E-state index is 12.9. The highest BCUT2D eigenvalue weighted by Gasteiger charge is 2.29. The topological polar surface area (TPSA) is 66.4 Å². The van der Waals surface area contributed by atoms with E-state index in [0.717, 1.165) is 0 Å². The Labute approximate surface area is 100 Å². The summed E-state index contributed by atoms with van der Waals surface area (Å²) in [4.78, 5) is 22.3. The normalized spacial score (nSPS) is 11.2. The molecule has 0 fully saturated rings. The Bertz CT molecular complexity index is 491. The maximum absolute atomic E-state index is 12.9. The van der Waals surface area contributed by atoms with E-state index in [4.69, 9.17) is 5.11 Å². The summed E-state index contributed by atoms with van der Waals surface area (Å²) in [6.07, 6.45) is 0. The smallest absolute Gasteiger partial charge is 0.328 e. The van der Waals surface area contributed by atoms with Gasteiger partial charge in [-0.05, 0) is 26.0 Å². The van der Waals surface area contributed by atoms with E-state index in [1.54, 1.807) is 0 Å².